The van der Waals surface area contributed by atoms with E-state index < -0.39 is 28.9 Å². The number of carbonyl (C=O) groups excluding carboxylic acids is 3. The standard InChI is InChI=1S/C46H74N2O7/c1-28(2)38-32(50)24-46(35(51)27-48(26-30-12-13-30)23-22-47(11)29(3)49)21-20-44(9)31(39(38)46)14-15-34-43(8)18-17-36(55-37(52)25-41(4,5)40(53)54)42(6,7)33(43)16-19-45(34,44)10/h28,30-31,33-36,51H,12-27H2,1-11H3,(H,53,54)/t31-,33+,34-,35+,36+,43+,44-,45-,46+/m1/s1. The van der Waals surface area contributed by atoms with Crippen molar-refractivity contribution in [3.63, 3.8) is 0 Å². The molecule has 0 unspecified atom stereocenters. The number of ether oxygens (including phenoxy) is 1. The van der Waals surface area contributed by atoms with Gasteiger partial charge >= 0.3 is 11.9 Å². The first-order valence-corrected chi connectivity index (χ1v) is 21.8. The lowest BCUT2D eigenvalue weighted by Crippen LogP contribution is -2.66. The highest BCUT2D eigenvalue weighted by Crippen LogP contribution is 2.77. The van der Waals surface area contributed by atoms with Crippen molar-refractivity contribution < 1.29 is 34.1 Å². The van der Waals surface area contributed by atoms with Gasteiger partial charge in [-0.15, -0.1) is 0 Å². The third-order valence-corrected chi connectivity index (χ3v) is 17.4. The monoisotopic (exact) mass is 767 g/mol. The molecule has 5 saturated carbocycles. The molecule has 2 N–H and O–H groups in total. The van der Waals surface area contributed by atoms with Crippen molar-refractivity contribution in [2.75, 3.05) is 33.2 Å². The highest BCUT2D eigenvalue weighted by Gasteiger charge is 2.71. The molecule has 0 heterocycles. The third-order valence-electron chi connectivity index (χ3n) is 17.4. The molecule has 0 bridgehead atoms. The summed E-state index contributed by atoms with van der Waals surface area (Å²) in [5.74, 6) is 0.706. The SMILES string of the molecule is CC(=O)N(C)CCN(CC1CC1)C[C@H](O)[C@@]12CC[C@]3(C)[C@H](CC[C@@H]4[C@@]5(C)CC[C@H](OC(=O)CC(C)(C)C(=O)O)C(C)(C)[C@@H]5CC[C@]43C)C1=C(C(C)C)C(=O)C2. The normalized spacial score (nSPS) is 37.5. The highest BCUT2D eigenvalue weighted by atomic mass is 16.5. The average molecular weight is 767 g/mol. The number of carboxylic acids is 1. The van der Waals surface area contributed by atoms with Gasteiger partial charge in [-0.25, -0.2) is 0 Å². The van der Waals surface area contributed by atoms with E-state index in [1.165, 1.54) is 18.4 Å². The van der Waals surface area contributed by atoms with Crippen LogP contribution in [-0.2, 0) is 23.9 Å². The molecule has 0 spiro atoms. The minimum Gasteiger partial charge on any atom is -0.481 e. The smallest absolute Gasteiger partial charge is 0.309 e. The second-order valence-corrected chi connectivity index (χ2v) is 21.7. The quantitative estimate of drug-likeness (QED) is 0.181. The lowest BCUT2D eigenvalue weighted by atomic mass is 9.33. The molecule has 0 aromatic heterocycles. The minimum atomic E-state index is -1.17. The summed E-state index contributed by atoms with van der Waals surface area (Å²) in [4.78, 5) is 55.3. The number of carbonyl (C=O) groups is 4. The van der Waals surface area contributed by atoms with Crippen molar-refractivity contribution in [3.05, 3.63) is 11.1 Å². The van der Waals surface area contributed by atoms with Gasteiger partial charge in [0.2, 0.25) is 5.91 Å². The van der Waals surface area contributed by atoms with Crippen LogP contribution in [0.2, 0.25) is 0 Å². The number of fused-ring (bicyclic) bond motifs is 7. The number of aliphatic hydroxyl groups excluding tert-OH is 1. The number of nitrogens with zero attached hydrogens (tertiary/aromatic N) is 2. The minimum absolute atomic E-state index is 0.0268. The summed E-state index contributed by atoms with van der Waals surface area (Å²) in [5.41, 5.74) is 0.400. The van der Waals surface area contributed by atoms with Crippen LogP contribution >= 0.6 is 0 Å². The largest absolute Gasteiger partial charge is 0.481 e. The molecule has 6 rings (SSSR count). The molecule has 1 amide bonds. The highest BCUT2D eigenvalue weighted by molar-refractivity contribution is 6.00. The fourth-order valence-electron chi connectivity index (χ4n) is 13.7. The van der Waals surface area contributed by atoms with Crippen molar-refractivity contribution in [1.29, 1.82) is 0 Å². The van der Waals surface area contributed by atoms with Gasteiger partial charge in [-0.05, 0) is 129 Å². The van der Waals surface area contributed by atoms with Crippen LogP contribution < -0.4 is 0 Å². The van der Waals surface area contributed by atoms with Crippen LogP contribution in [0.15, 0.2) is 11.1 Å². The number of allylic oxidation sites excluding steroid dienone is 1. The van der Waals surface area contributed by atoms with E-state index in [0.29, 0.717) is 37.3 Å². The van der Waals surface area contributed by atoms with Crippen molar-refractivity contribution in [3.8, 4) is 0 Å². The summed E-state index contributed by atoms with van der Waals surface area (Å²) in [7, 11) is 1.85. The number of hydrogen-bond acceptors (Lipinski definition) is 7. The zero-order valence-electron chi connectivity index (χ0n) is 36.2. The van der Waals surface area contributed by atoms with Gasteiger partial charge in [0, 0.05) is 57.4 Å². The lowest BCUT2D eigenvalue weighted by Gasteiger charge is -2.72. The van der Waals surface area contributed by atoms with Crippen molar-refractivity contribution in [2.24, 2.45) is 62.1 Å². The fraction of sp³-hybridized carbons (Fsp3) is 0.870. The van der Waals surface area contributed by atoms with Crippen molar-refractivity contribution >= 4 is 23.6 Å². The Morgan fingerprint density at radius 2 is 1.56 bits per heavy atom. The molecule has 5 fully saturated rings. The molecule has 0 aromatic rings. The van der Waals surface area contributed by atoms with Gasteiger partial charge in [-0.1, -0.05) is 54.0 Å². The van der Waals surface area contributed by atoms with E-state index in [9.17, 15) is 29.4 Å². The summed E-state index contributed by atoms with van der Waals surface area (Å²) in [5, 5.41) is 22.2. The van der Waals surface area contributed by atoms with Crippen LogP contribution in [0.4, 0.5) is 0 Å². The molecule has 55 heavy (non-hydrogen) atoms. The van der Waals surface area contributed by atoms with Crippen molar-refractivity contribution in [1.82, 2.24) is 9.80 Å². The summed E-state index contributed by atoms with van der Waals surface area (Å²) in [6.07, 6.45) is 9.59. The first-order valence-electron chi connectivity index (χ1n) is 21.8. The predicted octanol–water partition coefficient (Wildman–Crippen LogP) is 7.93. The van der Waals surface area contributed by atoms with E-state index in [2.05, 4.69) is 53.4 Å². The number of amides is 1. The van der Waals surface area contributed by atoms with Crippen LogP contribution in [-0.4, -0.2) is 89.1 Å². The first-order chi connectivity index (χ1) is 25.4. The maximum Gasteiger partial charge on any atom is 0.309 e. The van der Waals surface area contributed by atoms with E-state index >= 15 is 0 Å². The molecule has 6 aliphatic carbocycles. The van der Waals surface area contributed by atoms with Gasteiger partial charge in [-0.3, -0.25) is 24.1 Å². The molecule has 6 aliphatic rings. The molecule has 0 radical (unpaired) electrons. The molecular formula is C46H74N2O7. The zero-order chi connectivity index (χ0) is 40.7. The average Bonchev–Trinajstić information content (AvgIpc) is 3.83. The Hall–Kier alpha value is -2.26. The maximum absolute atomic E-state index is 14.2. The van der Waals surface area contributed by atoms with E-state index in [4.69, 9.17) is 4.74 Å². The molecule has 310 valence electrons. The molecule has 9 heteroatoms. The Bertz CT molecular complexity index is 1580. The Labute approximate surface area is 331 Å². The summed E-state index contributed by atoms with van der Waals surface area (Å²) in [6, 6.07) is 0. The van der Waals surface area contributed by atoms with E-state index in [0.717, 1.165) is 70.0 Å². The number of likely N-dealkylation sites (N-methyl/N-ethyl adjacent to an activating group) is 1. The molecule has 9 atom stereocenters. The second kappa shape index (κ2) is 14.5. The van der Waals surface area contributed by atoms with Gasteiger partial charge in [0.25, 0.3) is 0 Å². The van der Waals surface area contributed by atoms with Crippen LogP contribution in [0.3, 0.4) is 0 Å². The summed E-state index contributed by atoms with van der Waals surface area (Å²) >= 11 is 0. The van der Waals surface area contributed by atoms with E-state index in [1.54, 1.807) is 25.7 Å². The fourth-order valence-corrected chi connectivity index (χ4v) is 13.7. The molecule has 0 saturated heterocycles. The number of aliphatic hydroxyl groups is 1. The number of ketones is 1. The molecule has 0 aliphatic heterocycles. The number of rotatable bonds is 13. The zero-order valence-corrected chi connectivity index (χ0v) is 36.2. The number of esters is 1. The van der Waals surface area contributed by atoms with Crippen LogP contribution in [0, 0.1) is 62.1 Å². The van der Waals surface area contributed by atoms with Crippen LogP contribution in [0.5, 0.6) is 0 Å². The van der Waals surface area contributed by atoms with Crippen LogP contribution in [0.25, 0.3) is 0 Å². The lowest BCUT2D eigenvalue weighted by molar-refractivity contribution is -0.235. The Kier molecular flexibility index (Phi) is 11.2. The molecule has 9 nitrogen and oxygen atoms in total. The number of Topliss-reactive ketones (excluding diaryl/α,β-unsaturated/α-hetero) is 1. The topological polar surface area (TPSA) is 124 Å². The van der Waals surface area contributed by atoms with Gasteiger partial charge in [-0.2, -0.15) is 0 Å². The summed E-state index contributed by atoms with van der Waals surface area (Å²) in [6.45, 7) is 24.1. The number of hydrogen-bond donors (Lipinski definition) is 2. The number of aliphatic carboxylic acids is 1. The van der Waals surface area contributed by atoms with Gasteiger partial charge in [0.1, 0.15) is 6.10 Å². The van der Waals surface area contributed by atoms with Gasteiger partial charge in [0.05, 0.1) is 17.9 Å². The summed E-state index contributed by atoms with van der Waals surface area (Å²) < 4.78 is 6.18. The van der Waals surface area contributed by atoms with Gasteiger partial charge in [0.15, 0.2) is 5.78 Å². The predicted molar refractivity (Wildman–Crippen MR) is 214 cm³/mol. The molecular weight excluding hydrogens is 693 g/mol. The number of carboxylic acid groups (broad SMARTS) is 1. The Morgan fingerprint density at radius 1 is 0.891 bits per heavy atom. The molecule has 0 aromatic carbocycles. The maximum atomic E-state index is 14.2. The van der Waals surface area contributed by atoms with E-state index in [1.807, 2.05) is 7.05 Å². The second-order valence-electron chi connectivity index (χ2n) is 21.7. The van der Waals surface area contributed by atoms with Gasteiger partial charge < -0.3 is 19.8 Å². The van der Waals surface area contributed by atoms with Crippen LogP contribution in [0.1, 0.15) is 146 Å². The van der Waals surface area contributed by atoms with Crippen molar-refractivity contribution in [2.45, 2.75) is 158 Å². The Morgan fingerprint density at radius 3 is 2.16 bits per heavy atom. The third kappa shape index (κ3) is 7.05. The first kappa shape index (κ1) is 42.3. The Balaban J connectivity index is 1.27. The van der Waals surface area contributed by atoms with E-state index in [-0.39, 0.29) is 57.7 Å².